The molecule has 5 nitrogen and oxygen atoms in total. The van der Waals surface area contributed by atoms with Gasteiger partial charge in [0.1, 0.15) is 36.2 Å². The third-order valence-corrected chi connectivity index (χ3v) is 3.31. The first-order valence-corrected chi connectivity index (χ1v) is 6.54. The zero-order valence-electron chi connectivity index (χ0n) is 11.6. The maximum atomic E-state index is 8.84. The number of nitrogens with zero attached hydrogens (tertiary/aromatic N) is 1. The molecule has 0 spiro atoms. The number of ether oxygens (including phenoxy) is 3. The number of rotatable bonds is 4. The van der Waals surface area contributed by atoms with Crippen LogP contribution in [0.1, 0.15) is 11.1 Å². The van der Waals surface area contributed by atoms with Gasteiger partial charge in [-0.05, 0) is 29.8 Å². The van der Waals surface area contributed by atoms with Crippen molar-refractivity contribution in [2.45, 2.75) is 6.61 Å². The van der Waals surface area contributed by atoms with Crippen molar-refractivity contribution in [3.05, 3.63) is 53.6 Å². The number of fused-ring (bicyclic) bond motifs is 1. The second-order valence-corrected chi connectivity index (χ2v) is 4.63. The van der Waals surface area contributed by atoms with Crippen LogP contribution in [0.25, 0.3) is 0 Å². The Kier molecular flexibility index (Phi) is 3.64. The van der Waals surface area contributed by atoms with Crippen molar-refractivity contribution in [1.82, 2.24) is 0 Å². The molecule has 0 atom stereocenters. The number of methoxy groups -OCH3 is 1. The van der Waals surface area contributed by atoms with E-state index in [1.165, 1.54) is 0 Å². The Hall–Kier alpha value is -2.69. The van der Waals surface area contributed by atoms with Crippen LogP contribution in [0.2, 0.25) is 0 Å². The fourth-order valence-electron chi connectivity index (χ4n) is 2.15. The summed E-state index contributed by atoms with van der Waals surface area (Å²) in [5.41, 5.74) is 2.39. The SMILES string of the molecule is COc1ccc(COc2ccc3c(c2)OC/C3=N/O)cc1. The summed E-state index contributed by atoms with van der Waals surface area (Å²) in [5, 5.41) is 12.1. The van der Waals surface area contributed by atoms with Crippen molar-refractivity contribution in [3.8, 4) is 17.2 Å². The van der Waals surface area contributed by atoms with Crippen LogP contribution in [0, 0.1) is 0 Å². The Balaban J connectivity index is 1.68. The van der Waals surface area contributed by atoms with Crippen LogP contribution in [-0.2, 0) is 6.61 Å². The predicted octanol–water partition coefficient (Wildman–Crippen LogP) is 2.84. The molecule has 0 aliphatic carbocycles. The standard InChI is InChI=1S/C16H15NO4/c1-19-12-4-2-11(3-5-12)9-20-13-6-7-14-15(17-18)10-21-16(14)8-13/h2-8,18H,9-10H2,1H3/b17-15-. The van der Waals surface area contributed by atoms with Crippen LogP contribution in [0.3, 0.4) is 0 Å². The second kappa shape index (κ2) is 5.75. The normalized spacial score (nSPS) is 14.6. The third kappa shape index (κ3) is 2.76. The van der Waals surface area contributed by atoms with Gasteiger partial charge in [0, 0.05) is 11.6 Å². The average molecular weight is 285 g/mol. The fraction of sp³-hybridized carbons (Fsp3) is 0.188. The van der Waals surface area contributed by atoms with Gasteiger partial charge in [0.05, 0.1) is 7.11 Å². The molecule has 0 bridgehead atoms. The zero-order valence-corrected chi connectivity index (χ0v) is 11.6. The van der Waals surface area contributed by atoms with Gasteiger partial charge in [-0.15, -0.1) is 0 Å². The highest BCUT2D eigenvalue weighted by Crippen LogP contribution is 2.30. The highest BCUT2D eigenvalue weighted by Gasteiger charge is 2.20. The molecule has 3 rings (SSSR count). The van der Waals surface area contributed by atoms with Crippen molar-refractivity contribution < 1.29 is 19.4 Å². The van der Waals surface area contributed by atoms with E-state index in [-0.39, 0.29) is 6.61 Å². The van der Waals surface area contributed by atoms with Gasteiger partial charge in [-0.25, -0.2) is 0 Å². The smallest absolute Gasteiger partial charge is 0.134 e. The van der Waals surface area contributed by atoms with E-state index >= 15 is 0 Å². The van der Waals surface area contributed by atoms with Gasteiger partial charge in [0.2, 0.25) is 0 Å². The maximum Gasteiger partial charge on any atom is 0.134 e. The summed E-state index contributed by atoms with van der Waals surface area (Å²) in [5.74, 6) is 2.21. The average Bonchev–Trinajstić information content (AvgIpc) is 2.95. The highest BCUT2D eigenvalue weighted by molar-refractivity contribution is 6.06. The minimum Gasteiger partial charge on any atom is -0.497 e. The molecule has 0 saturated heterocycles. The number of oxime groups is 1. The maximum absolute atomic E-state index is 8.84. The topological polar surface area (TPSA) is 60.3 Å². The Morgan fingerprint density at radius 3 is 2.62 bits per heavy atom. The Bertz CT molecular complexity index is 664. The fourth-order valence-corrected chi connectivity index (χ4v) is 2.15. The van der Waals surface area contributed by atoms with Gasteiger partial charge in [-0.1, -0.05) is 17.3 Å². The summed E-state index contributed by atoms with van der Waals surface area (Å²) in [6, 6.07) is 13.2. The van der Waals surface area contributed by atoms with Crippen LogP contribution in [0.4, 0.5) is 0 Å². The van der Waals surface area contributed by atoms with E-state index in [2.05, 4.69) is 5.16 Å². The first-order valence-electron chi connectivity index (χ1n) is 6.54. The lowest BCUT2D eigenvalue weighted by atomic mass is 10.1. The summed E-state index contributed by atoms with van der Waals surface area (Å²) in [7, 11) is 1.64. The highest BCUT2D eigenvalue weighted by atomic mass is 16.5. The Labute approximate surface area is 122 Å². The van der Waals surface area contributed by atoms with Gasteiger partial charge in [-0.2, -0.15) is 0 Å². The molecule has 108 valence electrons. The molecule has 1 aliphatic rings. The van der Waals surface area contributed by atoms with E-state index < -0.39 is 0 Å². The summed E-state index contributed by atoms with van der Waals surface area (Å²) in [4.78, 5) is 0. The first-order chi connectivity index (χ1) is 10.3. The van der Waals surface area contributed by atoms with Gasteiger partial charge >= 0.3 is 0 Å². The lowest BCUT2D eigenvalue weighted by Gasteiger charge is -2.08. The summed E-state index contributed by atoms with van der Waals surface area (Å²) >= 11 is 0. The minimum absolute atomic E-state index is 0.285. The minimum atomic E-state index is 0.285. The number of hydrogen-bond acceptors (Lipinski definition) is 5. The Morgan fingerprint density at radius 2 is 1.90 bits per heavy atom. The Morgan fingerprint density at radius 1 is 1.14 bits per heavy atom. The van der Waals surface area contributed by atoms with Gasteiger partial charge in [0.15, 0.2) is 0 Å². The van der Waals surface area contributed by atoms with Crippen LogP contribution in [0.15, 0.2) is 47.6 Å². The number of benzene rings is 2. The van der Waals surface area contributed by atoms with E-state index in [0.29, 0.717) is 23.8 Å². The molecular formula is C16H15NO4. The van der Waals surface area contributed by atoms with Crippen LogP contribution < -0.4 is 14.2 Å². The van der Waals surface area contributed by atoms with Crippen LogP contribution in [-0.4, -0.2) is 24.6 Å². The molecular weight excluding hydrogens is 270 g/mol. The van der Waals surface area contributed by atoms with Gasteiger partial charge < -0.3 is 19.4 Å². The molecule has 1 heterocycles. The molecule has 0 aromatic heterocycles. The van der Waals surface area contributed by atoms with E-state index in [4.69, 9.17) is 19.4 Å². The molecule has 0 unspecified atom stereocenters. The quantitative estimate of drug-likeness (QED) is 0.693. The predicted molar refractivity (Wildman–Crippen MR) is 77.6 cm³/mol. The molecule has 1 aliphatic heterocycles. The van der Waals surface area contributed by atoms with E-state index in [1.807, 2.05) is 36.4 Å². The lowest BCUT2D eigenvalue weighted by molar-refractivity contribution is 0.302. The summed E-state index contributed by atoms with van der Waals surface area (Å²) in [6.07, 6.45) is 0. The molecule has 0 radical (unpaired) electrons. The van der Waals surface area contributed by atoms with E-state index in [1.54, 1.807) is 13.2 Å². The van der Waals surface area contributed by atoms with Crippen LogP contribution in [0.5, 0.6) is 17.2 Å². The summed E-state index contributed by atoms with van der Waals surface area (Å²) in [6.45, 7) is 0.748. The van der Waals surface area contributed by atoms with E-state index in [0.717, 1.165) is 16.9 Å². The molecule has 0 fully saturated rings. The monoisotopic (exact) mass is 285 g/mol. The lowest BCUT2D eigenvalue weighted by Crippen LogP contribution is -2.01. The van der Waals surface area contributed by atoms with Gasteiger partial charge in [-0.3, -0.25) is 0 Å². The molecule has 1 N–H and O–H groups in total. The van der Waals surface area contributed by atoms with E-state index in [9.17, 15) is 0 Å². The van der Waals surface area contributed by atoms with Crippen molar-refractivity contribution in [2.24, 2.45) is 5.16 Å². The summed E-state index contributed by atoms with van der Waals surface area (Å²) < 4.78 is 16.3. The third-order valence-electron chi connectivity index (χ3n) is 3.31. The number of hydrogen-bond donors (Lipinski definition) is 1. The molecule has 0 saturated carbocycles. The van der Waals surface area contributed by atoms with Crippen molar-refractivity contribution in [1.29, 1.82) is 0 Å². The first kappa shape index (κ1) is 13.3. The van der Waals surface area contributed by atoms with Gasteiger partial charge in [0.25, 0.3) is 0 Å². The molecule has 5 heteroatoms. The van der Waals surface area contributed by atoms with Crippen molar-refractivity contribution >= 4 is 5.71 Å². The second-order valence-electron chi connectivity index (χ2n) is 4.63. The molecule has 2 aromatic rings. The largest absolute Gasteiger partial charge is 0.497 e. The molecule has 0 amide bonds. The molecule has 2 aromatic carbocycles. The zero-order chi connectivity index (χ0) is 14.7. The molecule has 21 heavy (non-hydrogen) atoms. The van der Waals surface area contributed by atoms with Crippen molar-refractivity contribution in [2.75, 3.05) is 13.7 Å². The van der Waals surface area contributed by atoms with Crippen LogP contribution >= 0.6 is 0 Å². The van der Waals surface area contributed by atoms with Crippen molar-refractivity contribution in [3.63, 3.8) is 0 Å².